The molecule has 1 fully saturated rings. The molecule has 0 N–H and O–H groups in total. The van der Waals surface area contributed by atoms with E-state index in [2.05, 4.69) is 74.6 Å². The van der Waals surface area contributed by atoms with Crippen molar-refractivity contribution in [2.24, 2.45) is 34.1 Å². The van der Waals surface area contributed by atoms with Crippen LogP contribution in [-0.2, 0) is 11.2 Å². The summed E-state index contributed by atoms with van der Waals surface area (Å²) in [6.45, 7) is 5.60. The van der Waals surface area contributed by atoms with Crippen LogP contribution in [0.2, 0.25) is 0 Å². The number of rotatable bonds is 7. The number of hydrogen-bond acceptors (Lipinski definition) is 2. The molecule has 6 atom stereocenters. The van der Waals surface area contributed by atoms with Gasteiger partial charge >= 0.3 is 0 Å². The van der Waals surface area contributed by atoms with Crippen molar-refractivity contribution < 1.29 is 4.74 Å². The summed E-state index contributed by atoms with van der Waals surface area (Å²) >= 11 is 0. The largest absolute Gasteiger partial charge is 0.497 e. The van der Waals surface area contributed by atoms with Crippen molar-refractivity contribution in [3.63, 3.8) is 0 Å². The second-order valence-corrected chi connectivity index (χ2v) is 12.1. The Morgan fingerprint density at radius 3 is 2.80 bits per heavy atom. The zero-order valence-corrected chi connectivity index (χ0v) is 21.6. The fourth-order valence-electron chi connectivity index (χ4n) is 7.22. The first-order valence-electron chi connectivity index (χ1n) is 14.1. The maximum absolute atomic E-state index is 6.44. The molecule has 0 radical (unpaired) electrons. The van der Waals surface area contributed by atoms with Crippen molar-refractivity contribution in [1.29, 1.82) is 0 Å². The number of hydrogen-bond donors (Lipinski definition) is 0. The fraction of sp³-hybridized carbons (Fsp3) is 0.545. The van der Waals surface area contributed by atoms with Gasteiger partial charge in [-0.1, -0.05) is 72.7 Å². The van der Waals surface area contributed by atoms with Crippen LogP contribution < -0.4 is 0 Å². The summed E-state index contributed by atoms with van der Waals surface area (Å²) in [6, 6.07) is 11.5. The molecule has 184 valence electrons. The summed E-state index contributed by atoms with van der Waals surface area (Å²) < 4.78 is 6.44. The van der Waals surface area contributed by atoms with E-state index in [1.54, 1.807) is 11.1 Å². The van der Waals surface area contributed by atoms with E-state index in [9.17, 15) is 0 Å². The Hall–Kier alpha value is -2.35. The molecule has 0 spiro atoms. The van der Waals surface area contributed by atoms with E-state index in [-0.39, 0.29) is 5.41 Å². The molecule has 6 rings (SSSR count). The normalized spacial score (nSPS) is 35.7. The standard InChI is InChI=1S/C33H41NO/c1-23-17-28-20-26(18-25-11-7-4-8-12-25)19-27(21-31(28)34-23)29-13-14-32(33(2)22-30(29)33)35-16-15-24-9-5-3-6-10-24/h3-5,7-8,11-14,19,23-24,27-28,30H,6,9-10,15-18,20-22H2,1-2H3. The van der Waals surface area contributed by atoms with E-state index in [1.807, 2.05) is 0 Å². The van der Waals surface area contributed by atoms with Gasteiger partial charge in [-0.05, 0) is 88.2 Å². The molecular formula is C33H41NO. The van der Waals surface area contributed by atoms with Crippen molar-refractivity contribution in [2.75, 3.05) is 6.61 Å². The predicted octanol–water partition coefficient (Wildman–Crippen LogP) is 8.03. The molecule has 1 saturated carbocycles. The molecule has 0 aromatic heterocycles. The van der Waals surface area contributed by atoms with Crippen LogP contribution in [0.25, 0.3) is 0 Å². The molecule has 0 bridgehead atoms. The van der Waals surface area contributed by atoms with Crippen LogP contribution in [0.4, 0.5) is 0 Å². The SMILES string of the molecule is CC1CC2CC(Cc3ccccc3)=CC(C3=CC=C(OCCC4CC=CCC4)C4(C)CC34)CC2=N1. The minimum atomic E-state index is 0.209. The van der Waals surface area contributed by atoms with Gasteiger partial charge in [0.1, 0.15) is 5.76 Å². The van der Waals surface area contributed by atoms with Gasteiger partial charge in [-0.15, -0.1) is 0 Å². The molecule has 1 aliphatic heterocycles. The maximum Gasteiger partial charge on any atom is 0.102 e. The first-order valence-corrected chi connectivity index (χ1v) is 14.1. The molecule has 0 saturated heterocycles. The molecule has 35 heavy (non-hydrogen) atoms. The number of nitrogens with zero attached hydrogens (tertiary/aromatic N) is 1. The summed E-state index contributed by atoms with van der Waals surface area (Å²) in [5, 5.41) is 0. The van der Waals surface area contributed by atoms with E-state index in [0.29, 0.717) is 23.8 Å². The van der Waals surface area contributed by atoms with Gasteiger partial charge < -0.3 is 4.74 Å². The van der Waals surface area contributed by atoms with Crippen LogP contribution in [0.15, 0.2) is 82.6 Å². The number of aliphatic imine (C=N–C) groups is 1. The molecule has 1 aromatic carbocycles. The van der Waals surface area contributed by atoms with Crippen LogP contribution in [0.5, 0.6) is 0 Å². The molecular weight excluding hydrogens is 426 g/mol. The highest BCUT2D eigenvalue weighted by Gasteiger charge is 2.58. The van der Waals surface area contributed by atoms with Gasteiger partial charge in [0.15, 0.2) is 0 Å². The number of fused-ring (bicyclic) bond motifs is 2. The first-order chi connectivity index (χ1) is 17.1. The van der Waals surface area contributed by atoms with E-state index in [4.69, 9.17) is 9.73 Å². The zero-order valence-electron chi connectivity index (χ0n) is 21.6. The quantitative estimate of drug-likeness (QED) is 0.372. The lowest BCUT2D eigenvalue weighted by molar-refractivity contribution is 0.151. The zero-order chi connectivity index (χ0) is 23.8. The minimum absolute atomic E-state index is 0.209. The summed E-state index contributed by atoms with van der Waals surface area (Å²) in [4.78, 5) is 5.12. The van der Waals surface area contributed by atoms with E-state index < -0.39 is 0 Å². The Balaban J connectivity index is 1.20. The molecule has 2 heteroatoms. The highest BCUT2D eigenvalue weighted by atomic mass is 16.5. The number of ether oxygens (including phenoxy) is 1. The monoisotopic (exact) mass is 467 g/mol. The molecule has 6 unspecified atom stereocenters. The Morgan fingerprint density at radius 2 is 1.97 bits per heavy atom. The summed E-state index contributed by atoms with van der Waals surface area (Å²) in [7, 11) is 0. The van der Waals surface area contributed by atoms with Gasteiger partial charge in [-0.2, -0.15) is 0 Å². The fourth-order valence-corrected chi connectivity index (χ4v) is 7.22. The molecule has 0 amide bonds. The van der Waals surface area contributed by atoms with Crippen molar-refractivity contribution in [3.05, 3.63) is 83.2 Å². The number of allylic oxidation sites excluding steroid dienone is 8. The maximum atomic E-state index is 6.44. The minimum Gasteiger partial charge on any atom is -0.497 e. The van der Waals surface area contributed by atoms with Crippen molar-refractivity contribution in [2.45, 2.75) is 77.7 Å². The molecule has 1 aromatic rings. The predicted molar refractivity (Wildman–Crippen MR) is 145 cm³/mol. The summed E-state index contributed by atoms with van der Waals surface area (Å²) in [5.41, 5.74) is 6.37. The lowest BCUT2D eigenvalue weighted by Gasteiger charge is -2.26. The van der Waals surface area contributed by atoms with Gasteiger partial charge in [-0.25, -0.2) is 0 Å². The second-order valence-electron chi connectivity index (χ2n) is 12.1. The molecule has 2 nitrogen and oxygen atoms in total. The average Bonchev–Trinajstić information content (AvgIpc) is 3.50. The van der Waals surface area contributed by atoms with Crippen LogP contribution in [0.3, 0.4) is 0 Å². The Morgan fingerprint density at radius 1 is 1.09 bits per heavy atom. The van der Waals surface area contributed by atoms with Crippen molar-refractivity contribution in [3.8, 4) is 0 Å². The van der Waals surface area contributed by atoms with Gasteiger partial charge in [0.25, 0.3) is 0 Å². The van der Waals surface area contributed by atoms with Gasteiger partial charge in [-0.3, -0.25) is 4.99 Å². The second kappa shape index (κ2) is 9.60. The van der Waals surface area contributed by atoms with Gasteiger partial charge in [0.05, 0.1) is 6.61 Å². The van der Waals surface area contributed by atoms with Crippen LogP contribution in [0.1, 0.15) is 70.8 Å². The third-order valence-corrected chi connectivity index (χ3v) is 9.35. The summed E-state index contributed by atoms with van der Waals surface area (Å²) in [5.74, 6) is 3.81. The van der Waals surface area contributed by atoms with Crippen LogP contribution >= 0.6 is 0 Å². The Labute approximate surface area is 212 Å². The van der Waals surface area contributed by atoms with E-state index >= 15 is 0 Å². The topological polar surface area (TPSA) is 21.6 Å². The Kier molecular flexibility index (Phi) is 6.33. The molecule has 1 heterocycles. The lowest BCUT2D eigenvalue weighted by atomic mass is 9.83. The third-order valence-electron chi connectivity index (χ3n) is 9.35. The van der Waals surface area contributed by atoms with Crippen LogP contribution in [0, 0.1) is 29.1 Å². The number of benzene rings is 1. The highest BCUT2D eigenvalue weighted by Crippen LogP contribution is 2.64. The van der Waals surface area contributed by atoms with E-state index in [0.717, 1.165) is 25.4 Å². The van der Waals surface area contributed by atoms with Crippen molar-refractivity contribution in [1.82, 2.24) is 0 Å². The third kappa shape index (κ3) is 4.86. The van der Waals surface area contributed by atoms with Gasteiger partial charge in [0.2, 0.25) is 0 Å². The highest BCUT2D eigenvalue weighted by molar-refractivity contribution is 5.90. The smallest absolute Gasteiger partial charge is 0.102 e. The van der Waals surface area contributed by atoms with Crippen LogP contribution in [-0.4, -0.2) is 18.4 Å². The summed E-state index contributed by atoms with van der Waals surface area (Å²) in [6.07, 6.45) is 22.9. The molecule has 4 aliphatic carbocycles. The lowest BCUT2D eigenvalue weighted by Crippen LogP contribution is -2.18. The van der Waals surface area contributed by atoms with Gasteiger partial charge in [0, 0.05) is 29.0 Å². The average molecular weight is 468 g/mol. The van der Waals surface area contributed by atoms with Crippen molar-refractivity contribution >= 4 is 5.71 Å². The Bertz CT molecular complexity index is 1090. The first kappa shape index (κ1) is 23.1. The van der Waals surface area contributed by atoms with E-state index in [1.165, 1.54) is 62.0 Å². The molecule has 5 aliphatic rings.